The first kappa shape index (κ1) is 13.0. The number of ether oxygens (including phenoxy) is 2. The molecule has 0 spiro atoms. The second kappa shape index (κ2) is 5.17. The van der Waals surface area contributed by atoms with Gasteiger partial charge in [-0.2, -0.15) is 5.48 Å². The molecular formula is C14H18FNO3. The fraction of sp³-hybridized carbons (Fsp3) is 0.571. The minimum absolute atomic E-state index is 0.0541. The van der Waals surface area contributed by atoms with E-state index in [0.29, 0.717) is 25.4 Å². The summed E-state index contributed by atoms with van der Waals surface area (Å²) in [5, 5.41) is 0. The van der Waals surface area contributed by atoms with Crippen molar-refractivity contribution in [2.75, 3.05) is 26.9 Å². The molecule has 19 heavy (non-hydrogen) atoms. The summed E-state index contributed by atoms with van der Waals surface area (Å²) < 4.78 is 25.0. The number of nitrogens with one attached hydrogen (secondary N) is 1. The Hall–Kier alpha value is -1.01. The van der Waals surface area contributed by atoms with Crippen molar-refractivity contribution in [3.63, 3.8) is 0 Å². The second-order valence-electron chi connectivity index (χ2n) is 5.19. The first-order valence-corrected chi connectivity index (χ1v) is 6.51. The monoisotopic (exact) mass is 267 g/mol. The van der Waals surface area contributed by atoms with Crippen LogP contribution in [0.3, 0.4) is 0 Å². The summed E-state index contributed by atoms with van der Waals surface area (Å²) in [5.41, 5.74) is 3.03. The van der Waals surface area contributed by atoms with Gasteiger partial charge in [0.05, 0.1) is 31.5 Å². The minimum atomic E-state index is -0.574. The summed E-state index contributed by atoms with van der Waals surface area (Å²) in [7, 11) is 1.66. The summed E-state index contributed by atoms with van der Waals surface area (Å²) in [6.07, 6.45) is 0.855. The highest BCUT2D eigenvalue weighted by Crippen LogP contribution is 2.42. The van der Waals surface area contributed by atoms with Crippen LogP contribution in [0.5, 0.6) is 0 Å². The van der Waals surface area contributed by atoms with Gasteiger partial charge in [-0.1, -0.05) is 18.2 Å². The van der Waals surface area contributed by atoms with Crippen LogP contribution < -0.4 is 5.48 Å². The number of halogens is 1. The van der Waals surface area contributed by atoms with E-state index in [1.54, 1.807) is 19.2 Å². The van der Waals surface area contributed by atoms with E-state index in [1.165, 1.54) is 6.07 Å². The first-order chi connectivity index (χ1) is 9.26. The zero-order valence-corrected chi connectivity index (χ0v) is 10.9. The molecule has 2 fully saturated rings. The van der Waals surface area contributed by atoms with Crippen molar-refractivity contribution in [1.29, 1.82) is 0 Å². The van der Waals surface area contributed by atoms with E-state index in [1.807, 2.05) is 6.07 Å². The summed E-state index contributed by atoms with van der Waals surface area (Å²) >= 11 is 0. The van der Waals surface area contributed by atoms with Crippen molar-refractivity contribution in [3.8, 4) is 0 Å². The van der Waals surface area contributed by atoms with Gasteiger partial charge in [0, 0.05) is 18.6 Å². The van der Waals surface area contributed by atoms with Crippen molar-refractivity contribution in [1.82, 2.24) is 5.48 Å². The van der Waals surface area contributed by atoms with Crippen LogP contribution in [-0.4, -0.2) is 33.0 Å². The van der Waals surface area contributed by atoms with E-state index < -0.39 is 5.54 Å². The Balaban J connectivity index is 1.89. The average molecular weight is 267 g/mol. The Labute approximate surface area is 111 Å². The first-order valence-electron chi connectivity index (χ1n) is 6.51. The maximum Gasteiger partial charge on any atom is 0.128 e. The molecule has 1 N–H and O–H groups in total. The van der Waals surface area contributed by atoms with Crippen LogP contribution in [0.2, 0.25) is 0 Å². The van der Waals surface area contributed by atoms with Crippen LogP contribution >= 0.6 is 0 Å². The Morgan fingerprint density at radius 2 is 2.32 bits per heavy atom. The van der Waals surface area contributed by atoms with E-state index in [-0.39, 0.29) is 17.8 Å². The molecule has 3 rings (SSSR count). The van der Waals surface area contributed by atoms with Gasteiger partial charge in [-0.05, 0) is 12.5 Å². The quantitative estimate of drug-likeness (QED) is 0.903. The summed E-state index contributed by atoms with van der Waals surface area (Å²) in [6.45, 7) is 1.52. The van der Waals surface area contributed by atoms with Gasteiger partial charge in [-0.15, -0.1) is 0 Å². The average Bonchev–Trinajstić information content (AvgIpc) is 2.83. The van der Waals surface area contributed by atoms with Gasteiger partial charge in [0.25, 0.3) is 0 Å². The standard InChI is InChI=1S/C14H18FNO3/c1-17-8-11-6-10-7-19-16-14(10,9-18-11)12-4-2-3-5-13(12)15/h2-5,10-11,16H,6-9H2,1H3/t10-,11+,14-/m0/s1. The Morgan fingerprint density at radius 1 is 1.47 bits per heavy atom. The number of fused-ring (bicyclic) bond motifs is 1. The van der Waals surface area contributed by atoms with E-state index in [4.69, 9.17) is 14.3 Å². The van der Waals surface area contributed by atoms with Crippen LogP contribution in [-0.2, 0) is 19.9 Å². The number of methoxy groups -OCH3 is 1. The van der Waals surface area contributed by atoms with Crippen molar-refractivity contribution in [2.24, 2.45) is 5.92 Å². The number of benzene rings is 1. The van der Waals surface area contributed by atoms with Crippen molar-refractivity contribution in [3.05, 3.63) is 35.6 Å². The van der Waals surface area contributed by atoms with Crippen molar-refractivity contribution >= 4 is 0 Å². The molecule has 0 radical (unpaired) electrons. The molecule has 2 aliphatic heterocycles. The lowest BCUT2D eigenvalue weighted by Crippen LogP contribution is -2.52. The largest absolute Gasteiger partial charge is 0.382 e. The van der Waals surface area contributed by atoms with Gasteiger partial charge >= 0.3 is 0 Å². The third-order valence-corrected chi connectivity index (χ3v) is 4.04. The van der Waals surface area contributed by atoms with Crippen LogP contribution in [0.15, 0.2) is 24.3 Å². The summed E-state index contributed by atoms with van der Waals surface area (Å²) in [5.74, 6) is -0.0300. The molecule has 5 heteroatoms. The molecular weight excluding hydrogens is 249 g/mol. The molecule has 0 aliphatic carbocycles. The molecule has 2 heterocycles. The molecule has 1 aromatic rings. The van der Waals surface area contributed by atoms with E-state index in [2.05, 4.69) is 5.48 Å². The Morgan fingerprint density at radius 3 is 3.11 bits per heavy atom. The normalized spacial score (nSPS) is 34.2. The Bertz CT molecular complexity index is 456. The summed E-state index contributed by atoms with van der Waals surface area (Å²) in [6, 6.07) is 6.80. The molecule has 2 saturated heterocycles. The third kappa shape index (κ3) is 2.17. The van der Waals surface area contributed by atoms with Crippen molar-refractivity contribution in [2.45, 2.75) is 18.1 Å². The topological polar surface area (TPSA) is 39.7 Å². The predicted molar refractivity (Wildman–Crippen MR) is 66.9 cm³/mol. The minimum Gasteiger partial charge on any atom is -0.382 e. The zero-order chi connectivity index (χ0) is 13.3. The maximum atomic E-state index is 14.1. The third-order valence-electron chi connectivity index (χ3n) is 4.04. The van der Waals surface area contributed by atoms with Gasteiger partial charge in [0.2, 0.25) is 0 Å². The van der Waals surface area contributed by atoms with Crippen molar-refractivity contribution < 1.29 is 18.7 Å². The number of rotatable bonds is 3. The van der Waals surface area contributed by atoms with Crippen LogP contribution in [0.25, 0.3) is 0 Å². The molecule has 2 aliphatic rings. The molecule has 3 atom stereocenters. The van der Waals surface area contributed by atoms with Gasteiger partial charge in [-0.3, -0.25) is 0 Å². The molecule has 104 valence electrons. The lowest BCUT2D eigenvalue weighted by molar-refractivity contribution is -0.0917. The van der Waals surface area contributed by atoms with Gasteiger partial charge < -0.3 is 14.3 Å². The highest BCUT2D eigenvalue weighted by molar-refractivity contribution is 5.29. The predicted octanol–water partition coefficient (Wildman–Crippen LogP) is 1.61. The molecule has 0 aromatic heterocycles. The smallest absolute Gasteiger partial charge is 0.128 e. The Kier molecular flexibility index (Phi) is 3.54. The fourth-order valence-electron chi connectivity index (χ4n) is 3.03. The molecule has 4 nitrogen and oxygen atoms in total. The molecule has 0 saturated carbocycles. The number of hydrogen-bond donors (Lipinski definition) is 1. The van der Waals surface area contributed by atoms with Gasteiger partial charge in [0.15, 0.2) is 0 Å². The van der Waals surface area contributed by atoms with E-state index in [0.717, 1.165) is 6.42 Å². The van der Waals surface area contributed by atoms with Gasteiger partial charge in [0.1, 0.15) is 5.82 Å². The second-order valence-corrected chi connectivity index (χ2v) is 5.19. The number of hydrogen-bond acceptors (Lipinski definition) is 4. The highest BCUT2D eigenvalue weighted by atomic mass is 19.1. The molecule has 0 bridgehead atoms. The van der Waals surface area contributed by atoms with Crippen LogP contribution in [0, 0.1) is 11.7 Å². The van der Waals surface area contributed by atoms with Crippen LogP contribution in [0.1, 0.15) is 12.0 Å². The fourth-order valence-corrected chi connectivity index (χ4v) is 3.03. The van der Waals surface area contributed by atoms with Crippen LogP contribution in [0.4, 0.5) is 4.39 Å². The number of hydroxylamine groups is 1. The molecule has 0 unspecified atom stereocenters. The van der Waals surface area contributed by atoms with E-state index in [9.17, 15) is 4.39 Å². The van der Waals surface area contributed by atoms with E-state index >= 15 is 0 Å². The lowest BCUT2D eigenvalue weighted by Gasteiger charge is -2.41. The highest BCUT2D eigenvalue weighted by Gasteiger charge is 2.51. The zero-order valence-electron chi connectivity index (χ0n) is 10.9. The SMILES string of the molecule is COC[C@H]1C[C@H]2CON[C@@]2(c2ccccc2F)CO1. The lowest BCUT2D eigenvalue weighted by atomic mass is 9.75. The summed E-state index contributed by atoms with van der Waals surface area (Å²) in [4.78, 5) is 5.39. The molecule has 1 aromatic carbocycles. The molecule has 0 amide bonds. The van der Waals surface area contributed by atoms with Gasteiger partial charge in [-0.25, -0.2) is 4.39 Å². The maximum absolute atomic E-state index is 14.1.